The van der Waals surface area contributed by atoms with Crippen LogP contribution in [0.15, 0.2) is 108 Å². The summed E-state index contributed by atoms with van der Waals surface area (Å²) in [5, 5.41) is 0. The number of cyclic esters (lactones) is 1. The summed E-state index contributed by atoms with van der Waals surface area (Å²) in [4.78, 5) is 55.0. The van der Waals surface area contributed by atoms with Gasteiger partial charge >= 0.3 is 12.1 Å². The number of hydrogen-bond acceptors (Lipinski definition) is 9. The highest BCUT2D eigenvalue weighted by molar-refractivity contribution is 6.76. The highest BCUT2D eigenvalue weighted by atomic mass is 28.3. The second-order valence-electron chi connectivity index (χ2n) is 14.9. The lowest BCUT2D eigenvalue weighted by Crippen LogP contribution is -2.52. The maximum atomic E-state index is 14.0. The van der Waals surface area contributed by atoms with Gasteiger partial charge in [0.1, 0.15) is 5.75 Å². The number of nitrogens with zero attached hydrogens (tertiary/aromatic N) is 1. The molecule has 2 heterocycles. The average molecular weight is 760 g/mol. The van der Waals surface area contributed by atoms with E-state index >= 15 is 0 Å². The Morgan fingerprint density at radius 2 is 1.78 bits per heavy atom. The molecule has 3 rings (SSSR count). The number of ketones is 1. The fourth-order valence-electron chi connectivity index (χ4n) is 5.81. The van der Waals surface area contributed by atoms with Crippen LogP contribution in [0.3, 0.4) is 0 Å². The number of carbonyl (C=O) groups excluding carboxylic acids is 4. The van der Waals surface area contributed by atoms with Gasteiger partial charge in [-0.25, -0.2) is 14.5 Å². The highest BCUT2D eigenvalue weighted by Crippen LogP contribution is 2.29. The van der Waals surface area contributed by atoms with Crippen molar-refractivity contribution in [3.8, 4) is 5.75 Å². The van der Waals surface area contributed by atoms with Crippen LogP contribution in [-0.4, -0.2) is 75.0 Å². The molecular weight excluding hydrogens is 703 g/mol. The molecule has 10 nitrogen and oxygen atoms in total. The van der Waals surface area contributed by atoms with E-state index in [0.717, 1.165) is 27.2 Å². The fraction of sp³-hybridized carbons (Fsp3) is 0.442. The van der Waals surface area contributed by atoms with Crippen LogP contribution in [0.25, 0.3) is 0 Å². The smallest absolute Gasteiger partial charge is 0.419 e. The van der Waals surface area contributed by atoms with E-state index in [2.05, 4.69) is 26.2 Å². The molecule has 11 heteroatoms. The lowest BCUT2D eigenvalue weighted by Gasteiger charge is -2.34. The lowest BCUT2D eigenvalue weighted by molar-refractivity contribution is -0.172. The molecule has 0 aromatic heterocycles. The Balaban J connectivity index is 2.14. The molecule has 0 spiro atoms. The van der Waals surface area contributed by atoms with Gasteiger partial charge in [-0.05, 0) is 69.8 Å². The molecule has 0 saturated carbocycles. The van der Waals surface area contributed by atoms with Gasteiger partial charge < -0.3 is 23.7 Å². The van der Waals surface area contributed by atoms with E-state index in [1.165, 1.54) is 24.3 Å². The predicted octanol–water partition coefficient (Wildman–Crippen LogP) is 8.75. The minimum absolute atomic E-state index is 0.0391. The molecule has 0 N–H and O–H groups in total. The monoisotopic (exact) mass is 759 g/mol. The molecule has 1 aromatic carbocycles. The summed E-state index contributed by atoms with van der Waals surface area (Å²) < 4.78 is 30.0. The number of carbonyl (C=O) groups is 4. The normalized spacial score (nSPS) is 24.3. The van der Waals surface area contributed by atoms with Gasteiger partial charge in [0.2, 0.25) is 0 Å². The van der Waals surface area contributed by atoms with Gasteiger partial charge in [-0.1, -0.05) is 97.6 Å². The Kier molecular flexibility index (Phi) is 17.8. The molecule has 2 aliphatic rings. The molecule has 1 aromatic rings. The van der Waals surface area contributed by atoms with Gasteiger partial charge in [-0.2, -0.15) is 0 Å². The minimum Gasteiger partial charge on any atom is -0.497 e. The molecule has 1 fully saturated rings. The summed E-state index contributed by atoms with van der Waals surface area (Å²) in [5.41, 5.74) is 3.28. The van der Waals surface area contributed by atoms with Crippen molar-refractivity contribution in [2.45, 2.75) is 110 Å². The predicted molar refractivity (Wildman–Crippen MR) is 213 cm³/mol. The quantitative estimate of drug-likeness (QED) is 0.0545. The number of imide groups is 1. The minimum atomic E-state index is -1.61. The van der Waals surface area contributed by atoms with Crippen molar-refractivity contribution in [3.05, 3.63) is 114 Å². The largest absolute Gasteiger partial charge is 0.497 e. The van der Waals surface area contributed by atoms with Crippen LogP contribution in [0.1, 0.15) is 58.4 Å². The van der Waals surface area contributed by atoms with Gasteiger partial charge in [0.25, 0.3) is 5.91 Å². The first-order valence-electron chi connectivity index (χ1n) is 18.4. The van der Waals surface area contributed by atoms with Crippen molar-refractivity contribution >= 4 is 31.8 Å². The third-order valence-corrected chi connectivity index (χ3v) is 10.3. The Morgan fingerprint density at radius 3 is 2.46 bits per heavy atom. The van der Waals surface area contributed by atoms with Crippen molar-refractivity contribution in [2.24, 2.45) is 0 Å². The summed E-state index contributed by atoms with van der Waals surface area (Å²) in [6.45, 7) is 16.3. The Labute approximate surface area is 321 Å². The van der Waals surface area contributed by atoms with Gasteiger partial charge in [-0.15, -0.1) is 0 Å². The van der Waals surface area contributed by atoms with E-state index < -0.39 is 38.4 Å². The summed E-state index contributed by atoms with van der Waals surface area (Å²) >= 11 is 0. The zero-order valence-electron chi connectivity index (χ0n) is 32.9. The van der Waals surface area contributed by atoms with E-state index in [1.807, 2.05) is 31.2 Å². The molecule has 2 aliphatic heterocycles. The molecule has 0 aliphatic carbocycles. The number of amides is 2. The topological polar surface area (TPSA) is 118 Å². The first kappa shape index (κ1) is 43.8. The zero-order chi connectivity index (χ0) is 39.7. The Bertz CT molecular complexity index is 1640. The molecule has 1 saturated heterocycles. The highest BCUT2D eigenvalue weighted by Gasteiger charge is 2.39. The molecule has 54 heavy (non-hydrogen) atoms. The summed E-state index contributed by atoms with van der Waals surface area (Å²) in [5.74, 6) is -0.847. The average Bonchev–Trinajstić information content (AvgIpc) is 3.08. The number of fused-ring (bicyclic) bond motifs is 2. The number of allylic oxidation sites excluding steroid dienone is 7. The van der Waals surface area contributed by atoms with E-state index in [1.54, 1.807) is 57.4 Å². The fourth-order valence-corrected chi connectivity index (χ4v) is 6.53. The van der Waals surface area contributed by atoms with E-state index in [4.69, 9.17) is 23.7 Å². The first-order chi connectivity index (χ1) is 25.7. The third-order valence-electron chi connectivity index (χ3n) is 8.61. The second-order valence-corrected chi connectivity index (χ2v) is 20.5. The number of ether oxygens (including phenoxy) is 5. The van der Waals surface area contributed by atoms with Crippen molar-refractivity contribution in [1.82, 2.24) is 4.90 Å². The number of rotatable bonds is 11. The van der Waals surface area contributed by atoms with Crippen LogP contribution in [0, 0.1) is 0 Å². The van der Waals surface area contributed by atoms with Gasteiger partial charge in [0, 0.05) is 33.1 Å². The van der Waals surface area contributed by atoms with Crippen LogP contribution >= 0.6 is 0 Å². The van der Waals surface area contributed by atoms with Crippen LogP contribution in [0.5, 0.6) is 5.75 Å². The number of benzene rings is 1. The number of esters is 1. The molecule has 292 valence electrons. The summed E-state index contributed by atoms with van der Waals surface area (Å²) in [7, 11) is -0.0377. The van der Waals surface area contributed by atoms with Gasteiger partial charge in [0.15, 0.2) is 18.1 Å². The molecule has 0 radical (unpaired) electrons. The standard InChI is InChI=1S/C43H57NO9Si/c1-9-10-11-17-40(46)44(43(48)50-23-24-54(6,7)8)42(51-30-34-19-21-36(49-5)22-20-34)39-29-33(4)28-38-27-32(3)26-37(52-38)16-13-15-35(45)25-31(2)14-12-18-41(47)53-39/h9-15,17-22,28,37-39,42H,3,16,23-27,29-30H2,1-2,4-8H3/b10-9+,15-13+,17-11-,18-12+,31-14-,33-28+/t37-,38-,39-,42+/m1/s1. The van der Waals surface area contributed by atoms with E-state index in [9.17, 15) is 19.2 Å². The maximum Gasteiger partial charge on any atom is 0.419 e. The third kappa shape index (κ3) is 15.8. The van der Waals surface area contributed by atoms with Crippen LogP contribution < -0.4 is 4.74 Å². The van der Waals surface area contributed by atoms with Crippen LogP contribution in [0.4, 0.5) is 4.79 Å². The van der Waals surface area contributed by atoms with Crippen LogP contribution in [0.2, 0.25) is 25.7 Å². The van der Waals surface area contributed by atoms with Gasteiger partial charge in [0.05, 0.1) is 32.5 Å². The molecule has 0 unspecified atom stereocenters. The first-order valence-corrected chi connectivity index (χ1v) is 22.1. The van der Waals surface area contributed by atoms with Gasteiger partial charge in [-0.3, -0.25) is 9.59 Å². The molecule has 4 atom stereocenters. The molecular formula is C43H57NO9Si. The van der Waals surface area contributed by atoms with E-state index in [-0.39, 0.29) is 44.0 Å². The van der Waals surface area contributed by atoms with Crippen molar-refractivity contribution in [2.75, 3.05) is 13.7 Å². The SMILES string of the molecule is C=C1C[C@H]2C/C=C/C(=O)C/C(C)=C\C=C\C(=O)O[C@@H]([C@H](OCc3ccc(OC)cc3)N(C(=O)/C=C\C=C\C)C(=O)OCC[Si](C)(C)C)C/C(C)=C/[C@@H](C1)O2. The second kappa shape index (κ2) is 22.0. The number of methoxy groups -OCH3 is 1. The molecule has 2 bridgehead atoms. The van der Waals surface area contributed by atoms with Crippen molar-refractivity contribution < 1.29 is 42.9 Å². The number of hydrogen-bond donors (Lipinski definition) is 0. The van der Waals surface area contributed by atoms with Crippen molar-refractivity contribution in [3.63, 3.8) is 0 Å². The Morgan fingerprint density at radius 1 is 1.04 bits per heavy atom. The van der Waals surface area contributed by atoms with Crippen LogP contribution in [-0.2, 0) is 39.9 Å². The van der Waals surface area contributed by atoms with E-state index in [0.29, 0.717) is 31.1 Å². The summed E-state index contributed by atoms with van der Waals surface area (Å²) in [6, 6.07) is 7.85. The lowest BCUT2D eigenvalue weighted by atomic mass is 9.95. The summed E-state index contributed by atoms with van der Waals surface area (Å²) in [6.07, 6.45) is 14.1. The molecule has 2 amide bonds. The van der Waals surface area contributed by atoms with Crippen molar-refractivity contribution in [1.29, 1.82) is 0 Å². The maximum absolute atomic E-state index is 14.0. The Hall–Kier alpha value is -4.58. The zero-order valence-corrected chi connectivity index (χ0v) is 33.9.